The minimum absolute atomic E-state index is 0.220. The number of ether oxygens (including phenoxy) is 2. The monoisotopic (exact) mass is 341 g/mol. The van der Waals surface area contributed by atoms with Crippen LogP contribution in [0.15, 0.2) is 48.5 Å². The second kappa shape index (κ2) is 7.93. The van der Waals surface area contributed by atoms with Crippen LogP contribution in [0.3, 0.4) is 0 Å². The maximum Gasteiger partial charge on any atom is 0.306 e. The van der Waals surface area contributed by atoms with Crippen molar-refractivity contribution in [2.45, 2.75) is 26.4 Å². The zero-order valence-electron chi connectivity index (χ0n) is 13.5. The first-order valence-electron chi connectivity index (χ1n) is 7.90. The van der Waals surface area contributed by atoms with Crippen LogP contribution in [0.4, 0.5) is 0 Å². The van der Waals surface area contributed by atoms with Gasteiger partial charge >= 0.3 is 5.97 Å². The lowest BCUT2D eigenvalue weighted by atomic mass is 10.2. The number of rotatable bonds is 7. The first-order valence-corrected chi connectivity index (χ1v) is 8.72. The van der Waals surface area contributed by atoms with Crippen LogP contribution < -0.4 is 4.74 Å². The maximum absolute atomic E-state index is 11.8. The Hall–Kier alpha value is -2.40. The number of fused-ring (bicyclic) bond motifs is 1. The maximum atomic E-state index is 11.8. The third-order valence-corrected chi connectivity index (χ3v) is 4.49. The van der Waals surface area contributed by atoms with Gasteiger partial charge in [0.1, 0.15) is 17.4 Å². The number of hydrogen-bond donors (Lipinski definition) is 0. The van der Waals surface area contributed by atoms with Crippen LogP contribution in [0.2, 0.25) is 0 Å². The Labute approximate surface area is 145 Å². The Kier molecular flexibility index (Phi) is 5.43. The van der Waals surface area contributed by atoms with E-state index >= 15 is 0 Å². The molecule has 3 aromatic rings. The van der Waals surface area contributed by atoms with Gasteiger partial charge in [0.25, 0.3) is 0 Å². The van der Waals surface area contributed by atoms with Gasteiger partial charge in [-0.1, -0.05) is 24.3 Å². The summed E-state index contributed by atoms with van der Waals surface area (Å²) in [5.41, 5.74) is 2.10. The molecule has 0 atom stereocenters. The predicted octanol–water partition coefficient (Wildman–Crippen LogP) is 4.51. The van der Waals surface area contributed by atoms with Crippen LogP contribution in [-0.4, -0.2) is 17.6 Å². The fourth-order valence-corrected chi connectivity index (χ4v) is 3.19. The zero-order chi connectivity index (χ0) is 16.8. The average molecular weight is 341 g/mol. The summed E-state index contributed by atoms with van der Waals surface area (Å²) in [6.45, 7) is 2.75. The van der Waals surface area contributed by atoms with Gasteiger partial charge in [-0.3, -0.25) is 4.79 Å². The molecule has 0 fully saturated rings. The molecule has 1 aromatic heterocycles. The first kappa shape index (κ1) is 16.5. The van der Waals surface area contributed by atoms with Crippen LogP contribution in [0.1, 0.15) is 23.4 Å². The topological polar surface area (TPSA) is 48.4 Å². The molecule has 24 heavy (non-hydrogen) atoms. The summed E-state index contributed by atoms with van der Waals surface area (Å²) >= 11 is 1.55. The van der Waals surface area contributed by atoms with Crippen molar-refractivity contribution in [3.63, 3.8) is 0 Å². The van der Waals surface area contributed by atoms with E-state index in [4.69, 9.17) is 9.47 Å². The minimum Gasteiger partial charge on any atom is -0.494 e. The fraction of sp³-hybridized carbons (Fsp3) is 0.263. The smallest absolute Gasteiger partial charge is 0.306 e. The Morgan fingerprint density at radius 3 is 2.88 bits per heavy atom. The summed E-state index contributed by atoms with van der Waals surface area (Å²) in [4.78, 5) is 16.2. The van der Waals surface area contributed by atoms with Gasteiger partial charge in [-0.2, -0.15) is 0 Å². The van der Waals surface area contributed by atoms with E-state index in [9.17, 15) is 4.79 Å². The number of esters is 1. The van der Waals surface area contributed by atoms with Gasteiger partial charge in [0.2, 0.25) is 0 Å². The lowest BCUT2D eigenvalue weighted by Crippen LogP contribution is -2.07. The lowest BCUT2D eigenvalue weighted by Gasteiger charge is -2.06. The molecule has 0 aliphatic carbocycles. The molecule has 3 rings (SSSR count). The van der Waals surface area contributed by atoms with E-state index < -0.39 is 0 Å². The molecule has 5 heteroatoms. The number of carbonyl (C=O) groups is 1. The molecule has 2 aromatic carbocycles. The molecule has 0 bridgehead atoms. The molecule has 0 spiro atoms. The summed E-state index contributed by atoms with van der Waals surface area (Å²) in [6, 6.07) is 15.8. The van der Waals surface area contributed by atoms with E-state index in [0.717, 1.165) is 26.5 Å². The van der Waals surface area contributed by atoms with E-state index in [2.05, 4.69) is 4.98 Å². The largest absolute Gasteiger partial charge is 0.494 e. The highest BCUT2D eigenvalue weighted by Crippen LogP contribution is 2.22. The van der Waals surface area contributed by atoms with Gasteiger partial charge in [0.05, 0.1) is 16.8 Å². The second-order valence-corrected chi connectivity index (χ2v) is 6.62. The Bertz CT molecular complexity index is 795. The molecule has 124 valence electrons. The molecule has 0 amide bonds. The molecule has 0 radical (unpaired) electrons. The van der Waals surface area contributed by atoms with Gasteiger partial charge in [-0.05, 0) is 43.2 Å². The van der Waals surface area contributed by atoms with Crippen molar-refractivity contribution in [3.05, 3.63) is 59.1 Å². The SMILES string of the molecule is Cc1cccc(OCCCC(=O)OCc2nc3ccccc3s2)c1. The van der Waals surface area contributed by atoms with Crippen molar-refractivity contribution in [2.75, 3.05) is 6.61 Å². The van der Waals surface area contributed by atoms with Crippen LogP contribution in [0.5, 0.6) is 5.75 Å². The number of carbonyl (C=O) groups excluding carboxylic acids is 1. The number of thiazole rings is 1. The summed E-state index contributed by atoms with van der Waals surface area (Å²) in [5, 5.41) is 0.820. The quantitative estimate of drug-likeness (QED) is 0.469. The third kappa shape index (κ3) is 4.55. The van der Waals surface area contributed by atoms with Crippen molar-refractivity contribution in [1.29, 1.82) is 0 Å². The predicted molar refractivity (Wildman–Crippen MR) is 95.3 cm³/mol. The van der Waals surface area contributed by atoms with Crippen LogP contribution in [0, 0.1) is 6.92 Å². The first-order chi connectivity index (χ1) is 11.7. The van der Waals surface area contributed by atoms with E-state index in [1.54, 1.807) is 11.3 Å². The number of aryl methyl sites for hydroxylation is 1. The highest BCUT2D eigenvalue weighted by atomic mass is 32.1. The summed E-state index contributed by atoms with van der Waals surface area (Å²) in [5.74, 6) is 0.611. The van der Waals surface area contributed by atoms with E-state index in [1.807, 2.05) is 55.5 Å². The van der Waals surface area contributed by atoms with Crippen molar-refractivity contribution in [1.82, 2.24) is 4.98 Å². The summed E-state index contributed by atoms with van der Waals surface area (Å²) < 4.78 is 12.0. The molecule has 0 saturated heterocycles. The molecule has 0 aliphatic rings. The number of aromatic nitrogens is 1. The van der Waals surface area contributed by atoms with Gasteiger partial charge in [0.15, 0.2) is 0 Å². The van der Waals surface area contributed by atoms with E-state index in [0.29, 0.717) is 19.4 Å². The zero-order valence-corrected chi connectivity index (χ0v) is 14.3. The van der Waals surface area contributed by atoms with Crippen LogP contribution in [-0.2, 0) is 16.1 Å². The van der Waals surface area contributed by atoms with Crippen molar-refractivity contribution in [2.24, 2.45) is 0 Å². The van der Waals surface area contributed by atoms with E-state index in [1.165, 1.54) is 0 Å². The number of para-hydroxylation sites is 1. The van der Waals surface area contributed by atoms with Crippen LogP contribution >= 0.6 is 11.3 Å². The lowest BCUT2D eigenvalue weighted by molar-refractivity contribution is -0.145. The van der Waals surface area contributed by atoms with Gasteiger partial charge < -0.3 is 9.47 Å². The standard InChI is InChI=1S/C19H19NO3S/c1-14-6-4-7-15(12-14)22-11-5-10-19(21)23-13-18-20-16-8-2-3-9-17(16)24-18/h2-4,6-9,12H,5,10-11,13H2,1H3. The van der Waals surface area contributed by atoms with Crippen LogP contribution in [0.25, 0.3) is 10.2 Å². The number of hydrogen-bond acceptors (Lipinski definition) is 5. The highest BCUT2D eigenvalue weighted by Gasteiger charge is 2.07. The number of benzene rings is 2. The molecular weight excluding hydrogens is 322 g/mol. The van der Waals surface area contributed by atoms with Crippen molar-refractivity contribution in [3.8, 4) is 5.75 Å². The second-order valence-electron chi connectivity index (χ2n) is 5.50. The van der Waals surface area contributed by atoms with Crippen molar-refractivity contribution < 1.29 is 14.3 Å². The summed E-state index contributed by atoms with van der Waals surface area (Å²) in [6.07, 6.45) is 0.976. The minimum atomic E-state index is -0.220. The average Bonchev–Trinajstić information content (AvgIpc) is 3.00. The molecule has 0 aliphatic heterocycles. The highest BCUT2D eigenvalue weighted by molar-refractivity contribution is 7.18. The van der Waals surface area contributed by atoms with Gasteiger partial charge in [0, 0.05) is 6.42 Å². The Morgan fingerprint density at radius 2 is 2.04 bits per heavy atom. The normalized spacial score (nSPS) is 10.7. The molecule has 0 unspecified atom stereocenters. The number of nitrogens with zero attached hydrogens (tertiary/aromatic N) is 1. The molecular formula is C19H19NO3S. The molecule has 4 nitrogen and oxygen atoms in total. The van der Waals surface area contributed by atoms with E-state index in [-0.39, 0.29) is 12.6 Å². The Balaban J connectivity index is 1.38. The Morgan fingerprint density at radius 1 is 1.17 bits per heavy atom. The van der Waals surface area contributed by atoms with Crippen molar-refractivity contribution >= 4 is 27.5 Å². The fourth-order valence-electron chi connectivity index (χ4n) is 2.31. The van der Waals surface area contributed by atoms with Gasteiger partial charge in [-0.25, -0.2) is 4.98 Å². The molecule has 0 saturated carbocycles. The third-order valence-electron chi connectivity index (χ3n) is 3.48. The molecule has 0 N–H and O–H groups in total. The van der Waals surface area contributed by atoms with Gasteiger partial charge in [-0.15, -0.1) is 11.3 Å². The molecule has 1 heterocycles. The summed E-state index contributed by atoms with van der Waals surface area (Å²) in [7, 11) is 0.